The summed E-state index contributed by atoms with van der Waals surface area (Å²) in [7, 11) is 0. The van der Waals surface area contributed by atoms with Crippen LogP contribution in [0.15, 0.2) is 23.2 Å². The van der Waals surface area contributed by atoms with Crippen LogP contribution in [0, 0.1) is 5.92 Å². The molecule has 0 unspecified atom stereocenters. The summed E-state index contributed by atoms with van der Waals surface area (Å²) in [6, 6.07) is 3.39. The lowest BCUT2D eigenvalue weighted by molar-refractivity contribution is -0.138. The molecule has 0 radical (unpaired) electrons. The van der Waals surface area contributed by atoms with Crippen molar-refractivity contribution in [3.63, 3.8) is 0 Å². The van der Waals surface area contributed by atoms with Gasteiger partial charge >= 0.3 is 18.0 Å². The molecule has 0 saturated carbocycles. The second-order valence-corrected chi connectivity index (χ2v) is 10.6. The van der Waals surface area contributed by atoms with Crippen LogP contribution in [0.3, 0.4) is 0 Å². The number of carboxylic acids is 1. The van der Waals surface area contributed by atoms with Crippen LogP contribution in [-0.4, -0.2) is 56.6 Å². The highest BCUT2D eigenvalue weighted by atomic mass is 32.2. The van der Waals surface area contributed by atoms with E-state index in [4.69, 9.17) is 14.6 Å². The number of aliphatic imine (C=N–C) groups is 1. The number of nitrogens with one attached hydrogen (secondary N) is 1. The van der Waals surface area contributed by atoms with Crippen molar-refractivity contribution in [1.29, 1.82) is 0 Å². The van der Waals surface area contributed by atoms with Crippen molar-refractivity contribution in [2.75, 3.05) is 5.75 Å². The number of thioether (sulfide) groups is 1. The third kappa shape index (κ3) is 5.98. The normalized spacial score (nSPS) is 17.2. The van der Waals surface area contributed by atoms with E-state index in [1.165, 1.54) is 23.1 Å². The first-order valence-corrected chi connectivity index (χ1v) is 11.8. The molecule has 3 rings (SSSR count). The van der Waals surface area contributed by atoms with Gasteiger partial charge in [-0.15, -0.1) is 23.1 Å². The van der Waals surface area contributed by atoms with Crippen LogP contribution in [0.4, 0.5) is 4.79 Å². The van der Waals surface area contributed by atoms with Crippen molar-refractivity contribution in [1.82, 2.24) is 10.3 Å². The van der Waals surface area contributed by atoms with Crippen molar-refractivity contribution >= 4 is 56.4 Å². The molecule has 1 aromatic carbocycles. The summed E-state index contributed by atoms with van der Waals surface area (Å²) < 4.78 is 11.5. The van der Waals surface area contributed by atoms with Crippen molar-refractivity contribution < 1.29 is 29.0 Å². The Morgan fingerprint density at radius 3 is 2.56 bits per heavy atom. The van der Waals surface area contributed by atoms with Gasteiger partial charge in [0.15, 0.2) is 6.04 Å². The van der Waals surface area contributed by atoms with Crippen LogP contribution in [0.25, 0.3) is 10.2 Å². The van der Waals surface area contributed by atoms with Gasteiger partial charge in [-0.1, -0.05) is 13.8 Å². The van der Waals surface area contributed by atoms with Crippen LogP contribution < -0.4 is 10.1 Å². The number of ether oxygens (including phenoxy) is 2. The van der Waals surface area contributed by atoms with Crippen LogP contribution in [-0.2, 0) is 14.3 Å². The van der Waals surface area contributed by atoms with E-state index in [1.54, 1.807) is 52.8 Å². The molecular formula is C21H25N3O6S2. The average molecular weight is 480 g/mol. The fourth-order valence-electron chi connectivity index (χ4n) is 2.79. The predicted octanol–water partition coefficient (Wildman–Crippen LogP) is 3.70. The zero-order valence-corrected chi connectivity index (χ0v) is 20.0. The molecule has 0 saturated heterocycles. The van der Waals surface area contributed by atoms with Gasteiger partial charge in [-0.05, 0) is 38.8 Å². The summed E-state index contributed by atoms with van der Waals surface area (Å²) in [5.41, 5.74) is 0.00996. The fourth-order valence-corrected chi connectivity index (χ4v) is 4.88. The van der Waals surface area contributed by atoms with Crippen molar-refractivity contribution in [2.45, 2.75) is 52.3 Å². The number of benzene rings is 1. The highest BCUT2D eigenvalue weighted by Gasteiger charge is 2.29. The lowest BCUT2D eigenvalue weighted by Gasteiger charge is -2.24. The molecular weight excluding hydrogens is 454 g/mol. The quantitative estimate of drug-likeness (QED) is 0.474. The number of aliphatic carboxylic acids is 1. The molecule has 0 spiro atoms. The average Bonchev–Trinajstić information content (AvgIpc) is 3.30. The minimum atomic E-state index is -0.956. The van der Waals surface area contributed by atoms with Gasteiger partial charge in [0, 0.05) is 11.8 Å². The molecule has 2 aromatic rings. The molecule has 1 amide bonds. The van der Waals surface area contributed by atoms with Crippen molar-refractivity contribution in [3.05, 3.63) is 23.2 Å². The summed E-state index contributed by atoms with van der Waals surface area (Å²) >= 11 is 2.70. The predicted molar refractivity (Wildman–Crippen MR) is 124 cm³/mol. The van der Waals surface area contributed by atoms with E-state index in [9.17, 15) is 14.4 Å². The number of aromatic nitrogens is 1. The maximum Gasteiger partial charge on any atom is 0.408 e. The Hall–Kier alpha value is -2.66. The molecule has 1 aliphatic heterocycles. The molecule has 32 heavy (non-hydrogen) atoms. The van der Waals surface area contributed by atoms with Crippen LogP contribution in [0.5, 0.6) is 5.75 Å². The summed E-state index contributed by atoms with van der Waals surface area (Å²) in [6.45, 7) is 8.82. The molecule has 2 N–H and O–H groups in total. The molecule has 1 aromatic heterocycles. The minimum Gasteiger partial charge on any atom is -0.480 e. The highest BCUT2D eigenvalue weighted by Crippen LogP contribution is 2.31. The molecule has 0 aliphatic carbocycles. The molecule has 11 heteroatoms. The Labute approximate surface area is 193 Å². The number of carbonyl (C=O) groups is 3. The lowest BCUT2D eigenvalue weighted by Crippen LogP contribution is -2.48. The van der Waals surface area contributed by atoms with Gasteiger partial charge in [0.05, 0.1) is 10.2 Å². The van der Waals surface area contributed by atoms with Gasteiger partial charge in [-0.2, -0.15) is 0 Å². The van der Waals surface area contributed by atoms with E-state index < -0.39 is 35.7 Å². The van der Waals surface area contributed by atoms with Gasteiger partial charge in [0.2, 0.25) is 0 Å². The number of carbonyl (C=O) groups excluding carboxylic acids is 2. The Morgan fingerprint density at radius 1 is 1.25 bits per heavy atom. The second-order valence-electron chi connectivity index (χ2n) is 8.54. The Balaban J connectivity index is 1.73. The molecule has 9 nitrogen and oxygen atoms in total. The molecule has 2 heterocycles. The topological polar surface area (TPSA) is 127 Å². The van der Waals surface area contributed by atoms with Crippen LogP contribution in [0.1, 0.15) is 39.6 Å². The van der Waals surface area contributed by atoms with Crippen LogP contribution >= 0.6 is 23.1 Å². The molecule has 2 atom stereocenters. The standard InChI is InChI=1S/C21H25N3O6S2/c1-10(2)15(24-20(28)30-21(3,4)5)19(27)29-11-6-7-12-14(8-11)32-17(22-12)16-23-13(9-31-16)18(25)26/h6-8,10,13,15H,9H2,1-5H3,(H,24,28)(H,25,26)/t13-,15+/m1/s1. The Bertz CT molecular complexity index is 1070. The number of carboxylic acid groups (broad SMARTS) is 1. The van der Waals surface area contributed by atoms with Crippen molar-refractivity contribution in [3.8, 4) is 5.75 Å². The minimum absolute atomic E-state index is 0.214. The number of hydrogen-bond donors (Lipinski definition) is 2. The first-order chi connectivity index (χ1) is 14.9. The number of amides is 1. The van der Waals surface area contributed by atoms with Gasteiger partial charge in [0.25, 0.3) is 0 Å². The lowest BCUT2D eigenvalue weighted by atomic mass is 10.1. The zero-order valence-electron chi connectivity index (χ0n) is 18.4. The van der Waals surface area contributed by atoms with Gasteiger partial charge in [-0.25, -0.2) is 19.4 Å². The van der Waals surface area contributed by atoms with Crippen LogP contribution in [0.2, 0.25) is 0 Å². The van der Waals surface area contributed by atoms with E-state index in [1.807, 2.05) is 0 Å². The molecule has 172 valence electrons. The number of thiazole rings is 1. The number of nitrogens with zero attached hydrogens (tertiary/aromatic N) is 2. The highest BCUT2D eigenvalue weighted by molar-refractivity contribution is 8.15. The van der Waals surface area contributed by atoms with Gasteiger partial charge in [0.1, 0.15) is 27.4 Å². The van der Waals surface area contributed by atoms with E-state index in [0.29, 0.717) is 27.1 Å². The third-order valence-electron chi connectivity index (χ3n) is 4.29. The first-order valence-electron chi connectivity index (χ1n) is 9.98. The first kappa shape index (κ1) is 24.0. The van der Waals surface area contributed by atoms with Gasteiger partial charge in [-0.3, -0.25) is 4.99 Å². The molecule has 1 aliphatic rings. The van der Waals surface area contributed by atoms with Gasteiger partial charge < -0.3 is 19.9 Å². The summed E-state index contributed by atoms with van der Waals surface area (Å²) in [4.78, 5) is 44.7. The summed E-state index contributed by atoms with van der Waals surface area (Å²) in [5, 5.41) is 12.9. The SMILES string of the molecule is CC(C)[C@H](NC(=O)OC(C)(C)C)C(=O)Oc1ccc2nc(C3=N[C@@H](C(=O)O)CS3)sc2c1. The summed E-state index contributed by atoms with van der Waals surface area (Å²) in [5.74, 6) is -1.07. The summed E-state index contributed by atoms with van der Waals surface area (Å²) in [6.07, 6.45) is -0.690. The maximum atomic E-state index is 12.7. The largest absolute Gasteiger partial charge is 0.480 e. The van der Waals surface area contributed by atoms with E-state index in [0.717, 1.165) is 4.70 Å². The third-order valence-corrected chi connectivity index (χ3v) is 6.50. The fraction of sp³-hybridized carbons (Fsp3) is 0.476. The van der Waals surface area contributed by atoms with E-state index >= 15 is 0 Å². The monoisotopic (exact) mass is 479 g/mol. The number of fused-ring (bicyclic) bond motifs is 1. The molecule has 0 bridgehead atoms. The zero-order chi connectivity index (χ0) is 23.6. The Morgan fingerprint density at radius 2 is 1.97 bits per heavy atom. The van der Waals surface area contributed by atoms with E-state index in [-0.39, 0.29) is 5.92 Å². The van der Waals surface area contributed by atoms with Crippen molar-refractivity contribution in [2.24, 2.45) is 10.9 Å². The second kappa shape index (κ2) is 9.45. The number of hydrogen-bond acceptors (Lipinski definition) is 9. The maximum absolute atomic E-state index is 12.7. The molecule has 0 fully saturated rings. The van der Waals surface area contributed by atoms with E-state index in [2.05, 4.69) is 15.3 Å². The number of esters is 1. The smallest absolute Gasteiger partial charge is 0.408 e. The number of alkyl carbamates (subject to hydrolysis) is 1. The number of rotatable bonds is 6. The Kier molecular flexibility index (Phi) is 7.09.